The van der Waals surface area contributed by atoms with Crippen LogP contribution in [0.3, 0.4) is 0 Å². The van der Waals surface area contributed by atoms with Crippen molar-refractivity contribution in [2.24, 2.45) is 0 Å². The van der Waals surface area contributed by atoms with Gasteiger partial charge in [0.05, 0.1) is 19.0 Å². The van der Waals surface area contributed by atoms with Gasteiger partial charge in [-0.3, -0.25) is 14.7 Å². The lowest BCUT2D eigenvalue weighted by molar-refractivity contribution is -0.192. The number of aromatic nitrogens is 2. The second-order valence-corrected chi connectivity index (χ2v) is 7.08. The van der Waals surface area contributed by atoms with Gasteiger partial charge in [0.2, 0.25) is 5.91 Å². The fraction of sp³-hybridized carbons (Fsp3) is 0.182. The molecule has 4 rings (SSSR count). The van der Waals surface area contributed by atoms with Gasteiger partial charge in [-0.1, -0.05) is 24.3 Å². The molecular formula is C22H19F3N4O5. The van der Waals surface area contributed by atoms with Crippen molar-refractivity contribution in [1.29, 1.82) is 0 Å². The van der Waals surface area contributed by atoms with Gasteiger partial charge in [-0.15, -0.1) is 0 Å². The lowest BCUT2D eigenvalue weighted by Gasteiger charge is -2.25. The highest BCUT2D eigenvalue weighted by Gasteiger charge is 2.38. The first-order valence-corrected chi connectivity index (χ1v) is 9.77. The van der Waals surface area contributed by atoms with Crippen molar-refractivity contribution in [3.05, 3.63) is 66.0 Å². The molecule has 0 saturated heterocycles. The molecule has 0 spiro atoms. The number of hydrogen-bond donors (Lipinski definition) is 4. The lowest BCUT2D eigenvalue weighted by atomic mass is 9.95. The molecule has 0 saturated carbocycles. The van der Waals surface area contributed by atoms with Gasteiger partial charge in [-0.05, 0) is 29.3 Å². The Bertz CT molecular complexity index is 1200. The van der Waals surface area contributed by atoms with Crippen LogP contribution in [0.1, 0.15) is 15.9 Å². The Morgan fingerprint density at radius 3 is 2.50 bits per heavy atom. The van der Waals surface area contributed by atoms with Crippen molar-refractivity contribution >= 4 is 23.5 Å². The molecular weight excluding hydrogens is 457 g/mol. The molecule has 0 fully saturated rings. The second-order valence-electron chi connectivity index (χ2n) is 7.08. The number of carbonyl (C=O) groups is 3. The molecule has 3 aromatic rings. The number of halogens is 3. The number of hydrogen-bond acceptors (Lipinski definition) is 5. The molecule has 2 aromatic carbocycles. The molecule has 178 valence electrons. The number of methoxy groups -OCH3 is 1. The monoisotopic (exact) mass is 476 g/mol. The van der Waals surface area contributed by atoms with E-state index >= 15 is 0 Å². The summed E-state index contributed by atoms with van der Waals surface area (Å²) in [5, 5.41) is 19.4. The van der Waals surface area contributed by atoms with Crippen molar-refractivity contribution in [3.63, 3.8) is 0 Å². The highest BCUT2D eigenvalue weighted by atomic mass is 19.4. The van der Waals surface area contributed by atoms with E-state index in [1.807, 2.05) is 30.3 Å². The Balaban J connectivity index is 0.000000406. The molecule has 1 aromatic heterocycles. The summed E-state index contributed by atoms with van der Waals surface area (Å²) in [6, 6.07) is 12.1. The highest BCUT2D eigenvalue weighted by molar-refractivity contribution is 6.04. The van der Waals surface area contributed by atoms with Gasteiger partial charge in [0, 0.05) is 23.7 Å². The van der Waals surface area contributed by atoms with Gasteiger partial charge in [-0.2, -0.15) is 18.3 Å². The largest absolute Gasteiger partial charge is 0.495 e. The van der Waals surface area contributed by atoms with E-state index < -0.39 is 18.2 Å². The number of benzene rings is 2. The lowest BCUT2D eigenvalue weighted by Crippen LogP contribution is -2.48. The third kappa shape index (κ3) is 5.71. The summed E-state index contributed by atoms with van der Waals surface area (Å²) in [4.78, 5) is 33.8. The first-order chi connectivity index (χ1) is 16.1. The number of ether oxygens (including phenoxy) is 1. The smallest absolute Gasteiger partial charge is 0.490 e. The zero-order valence-corrected chi connectivity index (χ0v) is 17.6. The van der Waals surface area contributed by atoms with Gasteiger partial charge >= 0.3 is 12.1 Å². The number of aliphatic carboxylic acids is 1. The molecule has 1 aliphatic heterocycles. The molecule has 2 amide bonds. The van der Waals surface area contributed by atoms with Gasteiger partial charge in [-0.25, -0.2) is 4.79 Å². The fourth-order valence-electron chi connectivity index (χ4n) is 3.19. The van der Waals surface area contributed by atoms with Crippen molar-refractivity contribution in [2.75, 3.05) is 12.4 Å². The number of fused-ring (bicyclic) bond motifs is 1. The molecule has 1 aliphatic rings. The Morgan fingerprint density at radius 1 is 1.18 bits per heavy atom. The average Bonchev–Trinajstić information content (AvgIpc) is 3.34. The second kappa shape index (κ2) is 10.1. The predicted octanol–water partition coefficient (Wildman–Crippen LogP) is 3.01. The average molecular weight is 476 g/mol. The van der Waals surface area contributed by atoms with Crippen LogP contribution in [0.25, 0.3) is 11.1 Å². The number of amides is 2. The van der Waals surface area contributed by atoms with Gasteiger partial charge < -0.3 is 20.5 Å². The Morgan fingerprint density at radius 2 is 1.88 bits per heavy atom. The van der Waals surface area contributed by atoms with E-state index in [1.54, 1.807) is 31.6 Å². The number of anilines is 1. The number of H-pyrrole nitrogens is 1. The predicted molar refractivity (Wildman–Crippen MR) is 114 cm³/mol. The third-order valence-electron chi connectivity index (χ3n) is 4.84. The first-order valence-electron chi connectivity index (χ1n) is 9.77. The third-order valence-corrected chi connectivity index (χ3v) is 4.84. The van der Waals surface area contributed by atoms with E-state index in [-0.39, 0.29) is 11.8 Å². The minimum Gasteiger partial charge on any atom is -0.495 e. The van der Waals surface area contributed by atoms with Gasteiger partial charge in [0.15, 0.2) is 0 Å². The van der Waals surface area contributed by atoms with Crippen LogP contribution in [0.15, 0.2) is 54.9 Å². The number of rotatable bonds is 4. The topological polar surface area (TPSA) is 133 Å². The molecule has 34 heavy (non-hydrogen) atoms. The Labute approximate surface area is 190 Å². The van der Waals surface area contributed by atoms with Crippen molar-refractivity contribution in [3.8, 4) is 16.9 Å². The molecule has 0 radical (unpaired) electrons. The zero-order valence-electron chi connectivity index (χ0n) is 17.6. The molecule has 0 unspecified atom stereocenters. The first kappa shape index (κ1) is 24.3. The normalized spacial score (nSPS) is 14.7. The van der Waals surface area contributed by atoms with Crippen molar-refractivity contribution in [1.82, 2.24) is 15.5 Å². The maximum Gasteiger partial charge on any atom is 0.490 e. The molecule has 9 nitrogen and oxygen atoms in total. The molecule has 0 bridgehead atoms. The number of alkyl halides is 3. The van der Waals surface area contributed by atoms with Crippen LogP contribution in [0, 0.1) is 0 Å². The number of carbonyl (C=O) groups excluding carboxylic acids is 2. The van der Waals surface area contributed by atoms with Crippen LogP contribution in [0.2, 0.25) is 0 Å². The number of nitrogens with one attached hydrogen (secondary N) is 3. The summed E-state index contributed by atoms with van der Waals surface area (Å²) in [6.45, 7) is 0. The fourth-order valence-corrected chi connectivity index (χ4v) is 3.19. The van der Waals surface area contributed by atoms with Crippen LogP contribution >= 0.6 is 0 Å². The number of nitrogens with zero attached hydrogens (tertiary/aromatic N) is 1. The standard InChI is InChI=1S/C20H18N4O3.C2HF3O2/c1-27-18-9-12(14-10-21-22-11-14)6-7-16(18)23-20(26)17-8-13-4-2-3-5-15(13)19(25)24-17;3-2(4,5)1(6)7/h2-7,9-11,17H,8H2,1H3,(H,21,22)(H,23,26)(H,24,25);(H,6,7)/t17-;/m0./s1. The van der Waals surface area contributed by atoms with Crippen LogP contribution in [0.4, 0.5) is 18.9 Å². The van der Waals surface area contributed by atoms with E-state index in [9.17, 15) is 22.8 Å². The SMILES string of the molecule is COc1cc(-c2cn[nH]c2)ccc1NC(=O)[C@@H]1Cc2ccccc2C(=O)N1.O=C(O)C(F)(F)F. The van der Waals surface area contributed by atoms with E-state index in [0.717, 1.165) is 16.7 Å². The minimum absolute atomic E-state index is 0.237. The maximum absolute atomic E-state index is 12.7. The summed E-state index contributed by atoms with van der Waals surface area (Å²) in [5.74, 6) is -2.75. The van der Waals surface area contributed by atoms with Crippen molar-refractivity contribution in [2.45, 2.75) is 18.6 Å². The Hall–Kier alpha value is -4.35. The van der Waals surface area contributed by atoms with E-state index in [4.69, 9.17) is 14.6 Å². The van der Waals surface area contributed by atoms with Crippen LogP contribution in [-0.2, 0) is 16.0 Å². The maximum atomic E-state index is 12.7. The zero-order chi connectivity index (χ0) is 24.9. The minimum atomic E-state index is -5.08. The summed E-state index contributed by atoms with van der Waals surface area (Å²) in [5.41, 5.74) is 3.86. The molecule has 12 heteroatoms. The molecule has 0 aliphatic carbocycles. The van der Waals surface area contributed by atoms with E-state index in [1.165, 1.54) is 0 Å². The molecule has 1 atom stereocenters. The van der Waals surface area contributed by atoms with Crippen LogP contribution < -0.4 is 15.4 Å². The quantitative estimate of drug-likeness (QED) is 0.458. The van der Waals surface area contributed by atoms with Crippen LogP contribution in [-0.4, -0.2) is 52.4 Å². The molecule has 2 heterocycles. The summed E-state index contributed by atoms with van der Waals surface area (Å²) >= 11 is 0. The van der Waals surface area contributed by atoms with E-state index in [2.05, 4.69) is 20.8 Å². The number of carboxylic acid groups (broad SMARTS) is 1. The highest BCUT2D eigenvalue weighted by Crippen LogP contribution is 2.30. The van der Waals surface area contributed by atoms with Gasteiger partial charge in [0.1, 0.15) is 11.8 Å². The van der Waals surface area contributed by atoms with Crippen LogP contribution in [0.5, 0.6) is 5.75 Å². The van der Waals surface area contributed by atoms with Crippen molar-refractivity contribution < 1.29 is 37.4 Å². The van der Waals surface area contributed by atoms with E-state index in [0.29, 0.717) is 23.4 Å². The summed E-state index contributed by atoms with van der Waals surface area (Å²) in [7, 11) is 1.54. The number of aromatic amines is 1. The molecule has 4 N–H and O–H groups in total. The summed E-state index contributed by atoms with van der Waals surface area (Å²) in [6.07, 6.45) is -1.15. The Kier molecular flexibility index (Phi) is 7.19. The van der Waals surface area contributed by atoms with Gasteiger partial charge in [0.25, 0.3) is 5.91 Å². The summed E-state index contributed by atoms with van der Waals surface area (Å²) < 4.78 is 37.2. The number of carboxylic acids is 1.